The van der Waals surface area contributed by atoms with E-state index in [1.807, 2.05) is 6.07 Å². The summed E-state index contributed by atoms with van der Waals surface area (Å²) in [5.74, 6) is 1.62. The molecule has 0 fully saturated rings. The predicted octanol–water partition coefficient (Wildman–Crippen LogP) is 7.13. The second-order valence-corrected chi connectivity index (χ2v) is 6.66. The van der Waals surface area contributed by atoms with E-state index in [0.717, 1.165) is 18.6 Å². The summed E-state index contributed by atoms with van der Waals surface area (Å²) in [6, 6.07) is 8.30. The Morgan fingerprint density at radius 1 is 1.04 bits per heavy atom. The molecule has 0 bridgehead atoms. The van der Waals surface area contributed by atoms with E-state index in [-0.39, 0.29) is 0 Å². The summed E-state index contributed by atoms with van der Waals surface area (Å²) in [4.78, 5) is 0. The Morgan fingerprint density at radius 2 is 1.83 bits per heavy atom. The molecule has 0 N–H and O–H groups in total. The van der Waals surface area contributed by atoms with Gasteiger partial charge in [0.1, 0.15) is 5.75 Å². The fraction of sp³-hybridized carbons (Fsp3) is 0.565. The van der Waals surface area contributed by atoms with Crippen LogP contribution in [0.1, 0.15) is 70.3 Å². The molecule has 0 saturated carbocycles. The second kappa shape index (κ2) is 13.9. The summed E-state index contributed by atoms with van der Waals surface area (Å²) >= 11 is 0. The number of methoxy groups -OCH3 is 1. The van der Waals surface area contributed by atoms with Crippen LogP contribution >= 0.6 is 0 Å². The highest BCUT2D eigenvalue weighted by Crippen LogP contribution is 2.18. The fourth-order valence-electron chi connectivity index (χ4n) is 3.01. The number of allylic oxidation sites excluding steroid dienone is 3. The highest BCUT2D eigenvalue weighted by molar-refractivity contribution is 5.29. The van der Waals surface area contributed by atoms with Gasteiger partial charge >= 0.3 is 0 Å². The van der Waals surface area contributed by atoms with Crippen molar-refractivity contribution in [2.45, 2.75) is 71.1 Å². The van der Waals surface area contributed by atoms with Crippen molar-refractivity contribution in [1.82, 2.24) is 0 Å². The lowest BCUT2D eigenvalue weighted by Crippen LogP contribution is -1.96. The zero-order chi connectivity index (χ0) is 17.5. The summed E-state index contributed by atoms with van der Waals surface area (Å²) in [6.45, 7) is 6.29. The van der Waals surface area contributed by atoms with Crippen LogP contribution in [0, 0.1) is 5.92 Å². The molecule has 1 aromatic carbocycles. The van der Waals surface area contributed by atoms with Crippen LogP contribution in [0.5, 0.6) is 5.75 Å². The minimum Gasteiger partial charge on any atom is -0.497 e. The number of hydrogen-bond donors (Lipinski definition) is 0. The number of ether oxygens (including phenoxy) is 1. The van der Waals surface area contributed by atoms with Crippen LogP contribution in [0.3, 0.4) is 0 Å². The number of unbranched alkanes of at least 4 members (excludes halogenated alkanes) is 5. The quantitative estimate of drug-likeness (QED) is 0.261. The maximum absolute atomic E-state index is 5.26. The van der Waals surface area contributed by atoms with Crippen LogP contribution in [0.25, 0.3) is 0 Å². The third-order valence-corrected chi connectivity index (χ3v) is 4.62. The van der Waals surface area contributed by atoms with Gasteiger partial charge < -0.3 is 4.74 Å². The lowest BCUT2D eigenvalue weighted by atomic mass is 9.95. The third kappa shape index (κ3) is 9.60. The molecular weight excluding hydrogens is 292 g/mol. The van der Waals surface area contributed by atoms with Crippen LogP contribution in [-0.4, -0.2) is 7.11 Å². The summed E-state index contributed by atoms with van der Waals surface area (Å²) in [6.07, 6.45) is 19.7. The van der Waals surface area contributed by atoms with Gasteiger partial charge in [-0.1, -0.05) is 75.8 Å². The van der Waals surface area contributed by atoms with Gasteiger partial charge in [0.15, 0.2) is 0 Å². The van der Waals surface area contributed by atoms with Gasteiger partial charge in [0.2, 0.25) is 0 Å². The van der Waals surface area contributed by atoms with Crippen LogP contribution in [0.2, 0.25) is 0 Å². The Kier molecular flexibility index (Phi) is 11.9. The van der Waals surface area contributed by atoms with Gasteiger partial charge in [0, 0.05) is 0 Å². The van der Waals surface area contributed by atoms with E-state index < -0.39 is 0 Å². The zero-order valence-corrected chi connectivity index (χ0v) is 15.8. The van der Waals surface area contributed by atoms with Crippen molar-refractivity contribution in [1.29, 1.82) is 0 Å². The summed E-state index contributed by atoms with van der Waals surface area (Å²) in [7, 11) is 1.72. The number of hydrogen-bond acceptors (Lipinski definition) is 1. The van der Waals surface area contributed by atoms with Crippen LogP contribution < -0.4 is 4.74 Å². The average molecular weight is 329 g/mol. The molecule has 0 aromatic heterocycles. The normalized spacial score (nSPS) is 12.4. The molecule has 1 nitrogen and oxygen atoms in total. The van der Waals surface area contributed by atoms with Gasteiger partial charge in [-0.05, 0) is 49.3 Å². The van der Waals surface area contributed by atoms with Gasteiger partial charge in [-0.15, -0.1) is 6.58 Å². The maximum atomic E-state index is 5.26. The Hall–Kier alpha value is -1.50. The number of rotatable bonds is 14. The molecule has 1 rings (SSSR count). The summed E-state index contributed by atoms with van der Waals surface area (Å²) in [5.41, 5.74) is 1.30. The third-order valence-electron chi connectivity index (χ3n) is 4.62. The summed E-state index contributed by atoms with van der Waals surface area (Å²) in [5, 5.41) is 0. The van der Waals surface area contributed by atoms with Crippen molar-refractivity contribution in [2.24, 2.45) is 5.92 Å². The lowest BCUT2D eigenvalue weighted by Gasteiger charge is -2.10. The topological polar surface area (TPSA) is 9.23 Å². The number of benzene rings is 1. The minimum absolute atomic E-state index is 0.678. The standard InChI is InChI=1S/C23H36O/c1-4-6-7-8-9-11-15-21(5-2)16-12-10-13-17-22-18-14-19-23(20-22)24-3/h5,10,13-14,18-21H,2,4,6-9,11-12,15-17H2,1,3H3/b13-10+. The molecule has 134 valence electrons. The lowest BCUT2D eigenvalue weighted by molar-refractivity contribution is 0.414. The van der Waals surface area contributed by atoms with Crippen molar-refractivity contribution in [3.8, 4) is 5.75 Å². The largest absolute Gasteiger partial charge is 0.497 e. The van der Waals surface area contributed by atoms with E-state index in [0.29, 0.717) is 5.92 Å². The molecule has 1 aromatic rings. The summed E-state index contributed by atoms with van der Waals surface area (Å²) < 4.78 is 5.26. The molecular formula is C23H36O. The van der Waals surface area contributed by atoms with E-state index in [9.17, 15) is 0 Å². The first kappa shape index (κ1) is 20.5. The fourth-order valence-corrected chi connectivity index (χ4v) is 3.01. The molecule has 0 aliphatic heterocycles. The van der Waals surface area contributed by atoms with Gasteiger partial charge in [0.05, 0.1) is 7.11 Å². The molecule has 0 aliphatic rings. The Labute approximate surface area is 149 Å². The molecule has 0 radical (unpaired) electrons. The van der Waals surface area contributed by atoms with E-state index in [1.54, 1.807) is 7.11 Å². The van der Waals surface area contributed by atoms with E-state index >= 15 is 0 Å². The van der Waals surface area contributed by atoms with E-state index in [2.05, 4.69) is 49.9 Å². The molecule has 1 unspecified atom stereocenters. The van der Waals surface area contributed by atoms with Gasteiger partial charge in [0.25, 0.3) is 0 Å². The predicted molar refractivity (Wildman–Crippen MR) is 107 cm³/mol. The first-order valence-corrected chi connectivity index (χ1v) is 9.70. The molecule has 1 heteroatoms. The molecule has 0 aliphatic carbocycles. The Morgan fingerprint density at radius 3 is 2.58 bits per heavy atom. The van der Waals surface area contributed by atoms with Crippen molar-refractivity contribution < 1.29 is 4.74 Å². The highest BCUT2D eigenvalue weighted by Gasteiger charge is 2.02. The molecule has 24 heavy (non-hydrogen) atoms. The second-order valence-electron chi connectivity index (χ2n) is 6.66. The van der Waals surface area contributed by atoms with Gasteiger partial charge in [-0.25, -0.2) is 0 Å². The SMILES string of the molecule is C=CC(CC/C=C/Cc1cccc(OC)c1)CCCCCCCC. The Bertz CT molecular complexity index is 461. The molecule has 0 spiro atoms. The van der Waals surface area contributed by atoms with Crippen molar-refractivity contribution in [3.63, 3.8) is 0 Å². The van der Waals surface area contributed by atoms with Crippen LogP contribution in [0.15, 0.2) is 49.1 Å². The van der Waals surface area contributed by atoms with Crippen molar-refractivity contribution in [2.75, 3.05) is 7.11 Å². The van der Waals surface area contributed by atoms with Gasteiger partial charge in [-0.2, -0.15) is 0 Å². The molecule has 0 saturated heterocycles. The van der Waals surface area contributed by atoms with Crippen molar-refractivity contribution in [3.05, 3.63) is 54.6 Å². The van der Waals surface area contributed by atoms with Crippen molar-refractivity contribution >= 4 is 0 Å². The smallest absolute Gasteiger partial charge is 0.119 e. The molecule has 1 atom stereocenters. The average Bonchev–Trinajstić information content (AvgIpc) is 2.62. The zero-order valence-electron chi connectivity index (χ0n) is 15.8. The maximum Gasteiger partial charge on any atom is 0.119 e. The van der Waals surface area contributed by atoms with E-state index in [1.165, 1.54) is 56.9 Å². The van der Waals surface area contributed by atoms with Crippen LogP contribution in [-0.2, 0) is 6.42 Å². The van der Waals surface area contributed by atoms with E-state index in [4.69, 9.17) is 4.74 Å². The van der Waals surface area contributed by atoms with Gasteiger partial charge in [-0.3, -0.25) is 0 Å². The van der Waals surface area contributed by atoms with Crippen LogP contribution in [0.4, 0.5) is 0 Å². The molecule has 0 heterocycles. The highest BCUT2D eigenvalue weighted by atomic mass is 16.5. The first-order valence-electron chi connectivity index (χ1n) is 9.70. The Balaban J connectivity index is 2.15. The first-order chi connectivity index (χ1) is 11.8. The minimum atomic E-state index is 0.678. The monoisotopic (exact) mass is 328 g/mol. The molecule has 0 amide bonds.